The zero-order valence-corrected chi connectivity index (χ0v) is 10.1. The van der Waals surface area contributed by atoms with Crippen LogP contribution in [0.4, 0.5) is 8.78 Å². The van der Waals surface area contributed by atoms with Crippen LogP contribution in [-0.4, -0.2) is 25.1 Å². The van der Waals surface area contributed by atoms with E-state index in [1.165, 1.54) is 6.07 Å². The van der Waals surface area contributed by atoms with E-state index >= 15 is 0 Å². The van der Waals surface area contributed by atoms with Crippen LogP contribution >= 0.6 is 0 Å². The maximum atomic E-state index is 13.3. The fourth-order valence-corrected chi connectivity index (χ4v) is 1.33. The van der Waals surface area contributed by atoms with Crippen molar-refractivity contribution >= 4 is 5.91 Å². The van der Waals surface area contributed by atoms with Crippen LogP contribution in [0.15, 0.2) is 18.2 Å². The minimum atomic E-state index is -0.811. The summed E-state index contributed by atoms with van der Waals surface area (Å²) >= 11 is 0. The molecule has 0 aliphatic rings. The molecule has 1 aromatic rings. The second kappa shape index (κ2) is 6.90. The molecule has 0 fully saturated rings. The first-order valence-corrected chi connectivity index (χ1v) is 5.65. The summed E-state index contributed by atoms with van der Waals surface area (Å²) in [7, 11) is 0. The Labute approximate surface area is 104 Å². The van der Waals surface area contributed by atoms with Gasteiger partial charge in [0, 0.05) is 6.07 Å². The number of halogens is 2. The number of rotatable bonds is 7. The smallest absolute Gasteiger partial charge is 0.238 e. The predicted molar refractivity (Wildman–Crippen MR) is 63.1 cm³/mol. The quantitative estimate of drug-likeness (QED) is 0.772. The van der Waals surface area contributed by atoms with Gasteiger partial charge in [-0.3, -0.25) is 4.79 Å². The highest BCUT2D eigenvalue weighted by Gasteiger charge is 2.16. The van der Waals surface area contributed by atoms with Crippen molar-refractivity contribution < 1.29 is 18.3 Å². The van der Waals surface area contributed by atoms with Crippen molar-refractivity contribution in [3.8, 4) is 5.75 Å². The van der Waals surface area contributed by atoms with Crippen molar-refractivity contribution in [2.45, 2.75) is 19.4 Å². The number of hydrogen-bond acceptors (Lipinski definition) is 3. The Balaban J connectivity index is 2.58. The number of nitrogens with two attached hydrogens (primary N) is 1. The zero-order chi connectivity index (χ0) is 13.5. The van der Waals surface area contributed by atoms with Crippen molar-refractivity contribution in [2.75, 3.05) is 13.2 Å². The van der Waals surface area contributed by atoms with E-state index < -0.39 is 23.6 Å². The summed E-state index contributed by atoms with van der Waals surface area (Å²) < 4.78 is 31.0. The van der Waals surface area contributed by atoms with E-state index in [9.17, 15) is 13.6 Å². The lowest BCUT2D eigenvalue weighted by atomic mass is 10.2. The topological polar surface area (TPSA) is 64.3 Å². The lowest BCUT2D eigenvalue weighted by Gasteiger charge is -2.16. The van der Waals surface area contributed by atoms with Crippen molar-refractivity contribution in [1.29, 1.82) is 0 Å². The molecular formula is C12H16F2N2O2. The van der Waals surface area contributed by atoms with Crippen LogP contribution in [0.1, 0.15) is 13.3 Å². The molecular weight excluding hydrogens is 242 g/mol. The number of benzene rings is 1. The third kappa shape index (κ3) is 4.29. The van der Waals surface area contributed by atoms with Crippen LogP contribution < -0.4 is 15.8 Å². The SMILES string of the molecule is CCCNC(COc1ccc(F)cc1F)C(N)=O. The largest absolute Gasteiger partial charge is 0.488 e. The molecule has 0 aromatic heterocycles. The zero-order valence-electron chi connectivity index (χ0n) is 10.1. The molecule has 18 heavy (non-hydrogen) atoms. The van der Waals surface area contributed by atoms with E-state index in [1.807, 2.05) is 6.92 Å². The Morgan fingerprint density at radius 1 is 1.50 bits per heavy atom. The molecule has 1 atom stereocenters. The molecule has 3 N–H and O–H groups in total. The maximum Gasteiger partial charge on any atom is 0.238 e. The molecule has 1 aromatic carbocycles. The molecule has 1 unspecified atom stereocenters. The summed E-state index contributed by atoms with van der Waals surface area (Å²) in [5.41, 5.74) is 5.17. The van der Waals surface area contributed by atoms with Gasteiger partial charge in [-0.05, 0) is 25.1 Å². The summed E-state index contributed by atoms with van der Waals surface area (Å²) in [5, 5.41) is 2.87. The van der Waals surface area contributed by atoms with E-state index in [4.69, 9.17) is 10.5 Å². The van der Waals surface area contributed by atoms with Gasteiger partial charge in [-0.1, -0.05) is 6.92 Å². The van der Waals surface area contributed by atoms with Crippen LogP contribution in [0.3, 0.4) is 0 Å². The van der Waals surface area contributed by atoms with Crippen LogP contribution in [0.5, 0.6) is 5.75 Å². The standard InChI is InChI=1S/C12H16F2N2O2/c1-2-5-16-10(12(15)17)7-18-11-4-3-8(13)6-9(11)14/h3-4,6,10,16H,2,5,7H2,1H3,(H2,15,17). The molecule has 0 saturated heterocycles. The van der Waals surface area contributed by atoms with E-state index in [1.54, 1.807) is 0 Å². The summed E-state index contributed by atoms with van der Waals surface area (Å²) in [6, 6.07) is 2.27. The van der Waals surface area contributed by atoms with Gasteiger partial charge in [-0.15, -0.1) is 0 Å². The third-order valence-electron chi connectivity index (χ3n) is 2.28. The second-order valence-electron chi connectivity index (χ2n) is 3.79. The molecule has 0 saturated carbocycles. The molecule has 4 nitrogen and oxygen atoms in total. The van der Waals surface area contributed by atoms with Gasteiger partial charge in [0.15, 0.2) is 11.6 Å². The van der Waals surface area contributed by atoms with Crippen molar-refractivity contribution in [1.82, 2.24) is 5.32 Å². The summed E-state index contributed by atoms with van der Waals surface area (Å²) in [6.07, 6.45) is 0.828. The fraction of sp³-hybridized carbons (Fsp3) is 0.417. The molecule has 0 radical (unpaired) electrons. The van der Waals surface area contributed by atoms with Crippen molar-refractivity contribution in [2.24, 2.45) is 5.73 Å². The number of ether oxygens (including phenoxy) is 1. The maximum absolute atomic E-state index is 13.3. The van der Waals surface area contributed by atoms with Gasteiger partial charge in [-0.2, -0.15) is 0 Å². The van der Waals surface area contributed by atoms with Gasteiger partial charge in [0.25, 0.3) is 0 Å². The summed E-state index contributed by atoms with van der Waals surface area (Å²) in [4.78, 5) is 11.1. The number of carbonyl (C=O) groups is 1. The van der Waals surface area contributed by atoms with E-state index in [0.717, 1.165) is 12.5 Å². The molecule has 0 aliphatic carbocycles. The number of carbonyl (C=O) groups excluding carboxylic acids is 1. The Kier molecular flexibility index (Phi) is 5.51. The fourth-order valence-electron chi connectivity index (χ4n) is 1.33. The predicted octanol–water partition coefficient (Wildman–Crippen LogP) is 1.20. The van der Waals surface area contributed by atoms with Gasteiger partial charge in [0.05, 0.1) is 0 Å². The number of primary amides is 1. The molecule has 100 valence electrons. The lowest BCUT2D eigenvalue weighted by molar-refractivity contribution is -0.120. The third-order valence-corrected chi connectivity index (χ3v) is 2.28. The first-order chi connectivity index (χ1) is 8.54. The van der Waals surface area contributed by atoms with E-state index in [-0.39, 0.29) is 12.4 Å². The lowest BCUT2D eigenvalue weighted by Crippen LogP contribution is -2.45. The van der Waals surface area contributed by atoms with Crippen LogP contribution in [0, 0.1) is 11.6 Å². The average Bonchev–Trinajstić information content (AvgIpc) is 2.31. The molecule has 1 amide bonds. The van der Waals surface area contributed by atoms with Gasteiger partial charge >= 0.3 is 0 Å². The minimum absolute atomic E-state index is 0.0993. The highest BCUT2D eigenvalue weighted by molar-refractivity contribution is 5.80. The van der Waals surface area contributed by atoms with Crippen LogP contribution in [0.25, 0.3) is 0 Å². The van der Waals surface area contributed by atoms with Gasteiger partial charge < -0.3 is 15.8 Å². The normalized spacial score (nSPS) is 12.2. The first-order valence-electron chi connectivity index (χ1n) is 5.65. The average molecular weight is 258 g/mol. The molecule has 6 heteroatoms. The van der Waals surface area contributed by atoms with Crippen molar-refractivity contribution in [3.63, 3.8) is 0 Å². The molecule has 0 heterocycles. The van der Waals surface area contributed by atoms with E-state index in [0.29, 0.717) is 12.6 Å². The summed E-state index contributed by atoms with van der Waals surface area (Å²) in [6.45, 7) is 2.44. The highest BCUT2D eigenvalue weighted by atomic mass is 19.1. The summed E-state index contributed by atoms with van der Waals surface area (Å²) in [5.74, 6) is -2.18. The van der Waals surface area contributed by atoms with Gasteiger partial charge in [0.2, 0.25) is 5.91 Å². The number of hydrogen-bond donors (Lipinski definition) is 2. The Morgan fingerprint density at radius 3 is 2.78 bits per heavy atom. The number of nitrogens with one attached hydrogen (secondary N) is 1. The van der Waals surface area contributed by atoms with Crippen LogP contribution in [-0.2, 0) is 4.79 Å². The Morgan fingerprint density at radius 2 is 2.22 bits per heavy atom. The molecule has 1 rings (SSSR count). The highest BCUT2D eigenvalue weighted by Crippen LogP contribution is 2.17. The van der Waals surface area contributed by atoms with Gasteiger partial charge in [-0.25, -0.2) is 8.78 Å². The van der Waals surface area contributed by atoms with Gasteiger partial charge in [0.1, 0.15) is 18.5 Å². The Bertz CT molecular complexity index is 413. The van der Waals surface area contributed by atoms with Crippen molar-refractivity contribution in [3.05, 3.63) is 29.8 Å². The Hall–Kier alpha value is -1.69. The monoisotopic (exact) mass is 258 g/mol. The molecule has 0 spiro atoms. The second-order valence-corrected chi connectivity index (χ2v) is 3.79. The number of amides is 1. The molecule has 0 aliphatic heterocycles. The van der Waals surface area contributed by atoms with Crippen LogP contribution in [0.2, 0.25) is 0 Å². The first kappa shape index (κ1) is 14.4. The minimum Gasteiger partial charge on any atom is -0.488 e. The molecule has 0 bridgehead atoms. The van der Waals surface area contributed by atoms with E-state index in [2.05, 4.69) is 5.32 Å².